The van der Waals surface area contributed by atoms with Crippen LogP contribution in [-0.4, -0.2) is 38.0 Å². The van der Waals surface area contributed by atoms with Crippen molar-refractivity contribution in [1.29, 1.82) is 0 Å². The molecule has 0 aromatic heterocycles. The van der Waals surface area contributed by atoms with Gasteiger partial charge in [-0.15, -0.1) is 0 Å². The first-order valence-electron chi connectivity index (χ1n) is 4.97. The van der Waals surface area contributed by atoms with E-state index in [-0.39, 0.29) is 11.6 Å². The van der Waals surface area contributed by atoms with Crippen LogP contribution in [0.5, 0.6) is 0 Å². The van der Waals surface area contributed by atoms with Crippen LogP contribution in [0.25, 0.3) is 0 Å². The van der Waals surface area contributed by atoms with E-state index >= 15 is 0 Å². The third-order valence-corrected chi connectivity index (χ3v) is 1.97. The molecule has 0 spiro atoms. The van der Waals surface area contributed by atoms with Gasteiger partial charge in [-0.3, -0.25) is 0 Å². The highest BCUT2D eigenvalue weighted by molar-refractivity contribution is 4.58. The number of ether oxygens (including phenoxy) is 4. The van der Waals surface area contributed by atoms with Crippen molar-refractivity contribution in [1.82, 2.24) is 0 Å². The smallest absolute Gasteiger partial charge is 0.162 e. The molecule has 0 unspecified atom stereocenters. The predicted octanol–water partition coefficient (Wildman–Crippen LogP) is 1.54. The molecule has 0 aromatic carbocycles. The standard InChI is InChI=1S/2C5H10O2/c2*1-5(2)6-3-4-7-5/h2*3-4H2,1-2H3. The van der Waals surface area contributed by atoms with Crippen molar-refractivity contribution in [3.63, 3.8) is 0 Å². The first-order chi connectivity index (χ1) is 6.41. The van der Waals surface area contributed by atoms with Gasteiger partial charge < -0.3 is 18.9 Å². The molecule has 0 saturated carbocycles. The molecule has 84 valence electrons. The summed E-state index contributed by atoms with van der Waals surface area (Å²) in [5.74, 6) is -0.611. The monoisotopic (exact) mass is 204 g/mol. The minimum atomic E-state index is -0.306. The van der Waals surface area contributed by atoms with E-state index in [0.29, 0.717) is 0 Å². The highest BCUT2D eigenvalue weighted by Crippen LogP contribution is 2.16. The Morgan fingerprint density at radius 1 is 0.571 bits per heavy atom. The van der Waals surface area contributed by atoms with E-state index in [2.05, 4.69) is 0 Å². The van der Waals surface area contributed by atoms with Crippen LogP contribution in [0.4, 0.5) is 0 Å². The summed E-state index contributed by atoms with van der Waals surface area (Å²) in [6.45, 7) is 10.6. The van der Waals surface area contributed by atoms with Crippen molar-refractivity contribution in [2.45, 2.75) is 39.3 Å². The van der Waals surface area contributed by atoms with E-state index in [1.165, 1.54) is 0 Å². The minimum Gasteiger partial charge on any atom is -0.348 e. The maximum atomic E-state index is 5.12. The lowest BCUT2D eigenvalue weighted by Gasteiger charge is -2.13. The Morgan fingerprint density at radius 3 is 0.857 bits per heavy atom. The molecule has 2 fully saturated rings. The van der Waals surface area contributed by atoms with Crippen molar-refractivity contribution >= 4 is 0 Å². The van der Waals surface area contributed by atoms with E-state index < -0.39 is 0 Å². The molecule has 0 radical (unpaired) electrons. The summed E-state index contributed by atoms with van der Waals surface area (Å²) in [6, 6.07) is 0. The largest absolute Gasteiger partial charge is 0.348 e. The lowest BCUT2D eigenvalue weighted by atomic mass is 10.4. The molecule has 2 saturated heterocycles. The first-order valence-corrected chi connectivity index (χ1v) is 4.97. The Bertz CT molecular complexity index is 141. The molecule has 0 bridgehead atoms. The Labute approximate surface area is 85.5 Å². The summed E-state index contributed by atoms with van der Waals surface area (Å²) in [7, 11) is 0. The normalized spacial score (nSPS) is 28.3. The second-order valence-electron chi connectivity index (χ2n) is 4.19. The van der Waals surface area contributed by atoms with E-state index in [0.717, 1.165) is 26.4 Å². The zero-order chi connectivity index (χ0) is 10.7. The maximum absolute atomic E-state index is 5.12. The van der Waals surface area contributed by atoms with Crippen molar-refractivity contribution in [2.75, 3.05) is 26.4 Å². The highest BCUT2D eigenvalue weighted by atomic mass is 16.7. The zero-order valence-corrected chi connectivity index (χ0v) is 9.46. The first kappa shape index (κ1) is 11.9. The molecular formula is C10H20O4. The van der Waals surface area contributed by atoms with Crippen LogP contribution in [0.1, 0.15) is 27.7 Å². The lowest BCUT2D eigenvalue weighted by molar-refractivity contribution is -0.126. The van der Waals surface area contributed by atoms with Crippen LogP contribution in [0, 0.1) is 0 Å². The Hall–Kier alpha value is -0.160. The van der Waals surface area contributed by atoms with Gasteiger partial charge in [-0.05, 0) is 27.7 Å². The van der Waals surface area contributed by atoms with Gasteiger partial charge in [0, 0.05) is 0 Å². The van der Waals surface area contributed by atoms with Gasteiger partial charge in [-0.1, -0.05) is 0 Å². The number of hydrogen-bond donors (Lipinski definition) is 0. The highest BCUT2D eigenvalue weighted by Gasteiger charge is 2.24. The predicted molar refractivity (Wildman–Crippen MR) is 52.0 cm³/mol. The molecule has 2 aliphatic rings. The molecule has 0 aliphatic carbocycles. The van der Waals surface area contributed by atoms with Crippen molar-refractivity contribution < 1.29 is 18.9 Å². The summed E-state index contributed by atoms with van der Waals surface area (Å²) in [5.41, 5.74) is 0. The molecule has 0 amide bonds. The summed E-state index contributed by atoms with van der Waals surface area (Å²) < 4.78 is 20.5. The summed E-state index contributed by atoms with van der Waals surface area (Å²) in [5, 5.41) is 0. The zero-order valence-electron chi connectivity index (χ0n) is 9.46. The third-order valence-electron chi connectivity index (χ3n) is 1.97. The second kappa shape index (κ2) is 4.57. The Balaban J connectivity index is 0.000000140. The van der Waals surface area contributed by atoms with E-state index in [4.69, 9.17) is 18.9 Å². The van der Waals surface area contributed by atoms with Gasteiger partial charge in [0.25, 0.3) is 0 Å². The summed E-state index contributed by atoms with van der Waals surface area (Å²) >= 11 is 0. The van der Waals surface area contributed by atoms with Gasteiger partial charge in [-0.2, -0.15) is 0 Å². The topological polar surface area (TPSA) is 36.9 Å². The van der Waals surface area contributed by atoms with Crippen LogP contribution < -0.4 is 0 Å². The minimum absolute atomic E-state index is 0.306. The fraction of sp³-hybridized carbons (Fsp3) is 1.00. The van der Waals surface area contributed by atoms with Gasteiger partial charge in [-0.25, -0.2) is 0 Å². The molecule has 2 aliphatic heterocycles. The average Bonchev–Trinajstić information content (AvgIpc) is 2.60. The maximum Gasteiger partial charge on any atom is 0.162 e. The summed E-state index contributed by atoms with van der Waals surface area (Å²) in [4.78, 5) is 0. The fourth-order valence-corrected chi connectivity index (χ4v) is 1.23. The second-order valence-corrected chi connectivity index (χ2v) is 4.19. The third kappa shape index (κ3) is 4.37. The van der Waals surface area contributed by atoms with Gasteiger partial charge in [0.2, 0.25) is 0 Å². The van der Waals surface area contributed by atoms with E-state index in [1.807, 2.05) is 27.7 Å². The van der Waals surface area contributed by atoms with Crippen molar-refractivity contribution in [3.05, 3.63) is 0 Å². The molecule has 0 atom stereocenters. The molecule has 4 nitrogen and oxygen atoms in total. The van der Waals surface area contributed by atoms with Crippen molar-refractivity contribution in [2.24, 2.45) is 0 Å². The molecular weight excluding hydrogens is 184 g/mol. The molecule has 2 heterocycles. The average molecular weight is 204 g/mol. The quantitative estimate of drug-likeness (QED) is 0.599. The van der Waals surface area contributed by atoms with Crippen LogP contribution in [0.2, 0.25) is 0 Å². The summed E-state index contributed by atoms with van der Waals surface area (Å²) in [6.07, 6.45) is 0. The van der Waals surface area contributed by atoms with Gasteiger partial charge >= 0.3 is 0 Å². The SMILES string of the molecule is CC1(C)OCCO1.CC1(C)OCCO1. The van der Waals surface area contributed by atoms with Crippen LogP contribution in [0.15, 0.2) is 0 Å². The number of rotatable bonds is 0. The number of hydrogen-bond acceptors (Lipinski definition) is 4. The molecule has 0 N–H and O–H groups in total. The Morgan fingerprint density at radius 2 is 0.786 bits per heavy atom. The van der Waals surface area contributed by atoms with Crippen LogP contribution in [0.3, 0.4) is 0 Å². The molecule has 14 heavy (non-hydrogen) atoms. The van der Waals surface area contributed by atoms with Gasteiger partial charge in [0.15, 0.2) is 11.6 Å². The molecule has 4 heteroatoms. The fourth-order valence-electron chi connectivity index (χ4n) is 1.23. The van der Waals surface area contributed by atoms with Crippen LogP contribution >= 0.6 is 0 Å². The van der Waals surface area contributed by atoms with Gasteiger partial charge in [0.05, 0.1) is 26.4 Å². The molecule has 0 aromatic rings. The van der Waals surface area contributed by atoms with E-state index in [1.54, 1.807) is 0 Å². The Kier molecular flexibility index (Phi) is 3.89. The lowest BCUT2D eigenvalue weighted by Crippen LogP contribution is -2.18. The van der Waals surface area contributed by atoms with E-state index in [9.17, 15) is 0 Å². The van der Waals surface area contributed by atoms with Crippen molar-refractivity contribution in [3.8, 4) is 0 Å². The van der Waals surface area contributed by atoms with Crippen LogP contribution in [-0.2, 0) is 18.9 Å². The van der Waals surface area contributed by atoms with Gasteiger partial charge in [0.1, 0.15) is 0 Å². The molecule has 2 rings (SSSR count).